The molecule has 0 aliphatic carbocycles. The smallest absolute Gasteiger partial charge is 0.236 e. The summed E-state index contributed by atoms with van der Waals surface area (Å²) in [4.78, 5) is 20.0. The van der Waals surface area contributed by atoms with Crippen LogP contribution in [0.4, 0.5) is 5.82 Å². The maximum atomic E-state index is 13.3. The van der Waals surface area contributed by atoms with Crippen molar-refractivity contribution in [3.05, 3.63) is 71.8 Å². The van der Waals surface area contributed by atoms with Crippen molar-refractivity contribution in [2.45, 2.75) is 33.2 Å². The second kappa shape index (κ2) is 5.69. The molecule has 3 heteroatoms. The molecule has 0 bridgehead atoms. The van der Waals surface area contributed by atoms with Gasteiger partial charge in [-0.1, -0.05) is 69.3 Å². The van der Waals surface area contributed by atoms with Crippen LogP contribution in [0, 0.1) is 5.41 Å². The maximum absolute atomic E-state index is 13.3. The number of pyridine rings is 1. The molecular formula is C22H22N2O. The van der Waals surface area contributed by atoms with E-state index in [1.165, 1.54) is 0 Å². The average Bonchev–Trinajstić information content (AvgIpc) is 2.85. The minimum atomic E-state index is -0.164. The first-order valence-electron chi connectivity index (χ1n) is 8.70. The van der Waals surface area contributed by atoms with E-state index < -0.39 is 0 Å². The summed E-state index contributed by atoms with van der Waals surface area (Å²) in [5.41, 5.74) is 2.95. The fourth-order valence-corrected chi connectivity index (χ4v) is 3.70. The van der Waals surface area contributed by atoms with E-state index in [0.29, 0.717) is 6.54 Å². The molecule has 3 aromatic rings. The van der Waals surface area contributed by atoms with Gasteiger partial charge in [-0.2, -0.15) is 0 Å². The van der Waals surface area contributed by atoms with Crippen molar-refractivity contribution >= 4 is 22.6 Å². The zero-order chi connectivity index (χ0) is 17.6. The third kappa shape index (κ3) is 2.70. The molecule has 1 unspecified atom stereocenters. The first kappa shape index (κ1) is 15.8. The predicted octanol–water partition coefficient (Wildman–Crippen LogP) is 4.91. The molecule has 1 atom stereocenters. The zero-order valence-electron chi connectivity index (χ0n) is 14.9. The second-order valence-corrected chi connectivity index (χ2v) is 7.80. The molecule has 126 valence electrons. The Morgan fingerprint density at radius 3 is 2.40 bits per heavy atom. The molecule has 2 heterocycles. The van der Waals surface area contributed by atoms with Crippen molar-refractivity contribution < 1.29 is 4.79 Å². The van der Waals surface area contributed by atoms with E-state index in [2.05, 4.69) is 45.0 Å². The highest BCUT2D eigenvalue weighted by atomic mass is 16.2. The molecule has 1 aliphatic heterocycles. The molecule has 25 heavy (non-hydrogen) atoms. The largest absolute Gasteiger partial charge is 0.292 e. The molecular weight excluding hydrogens is 308 g/mol. The molecule has 1 aromatic heterocycles. The van der Waals surface area contributed by atoms with E-state index in [1.54, 1.807) is 0 Å². The maximum Gasteiger partial charge on any atom is 0.236 e. The lowest BCUT2D eigenvalue weighted by molar-refractivity contribution is -0.121. The molecule has 1 amide bonds. The fourth-order valence-electron chi connectivity index (χ4n) is 3.70. The number of carbonyl (C=O) groups excluding carboxylic acids is 1. The topological polar surface area (TPSA) is 33.2 Å². The van der Waals surface area contributed by atoms with E-state index >= 15 is 0 Å². The summed E-state index contributed by atoms with van der Waals surface area (Å²) in [7, 11) is 0. The number of para-hydroxylation sites is 1. The van der Waals surface area contributed by atoms with Gasteiger partial charge in [0.15, 0.2) is 0 Å². The molecule has 2 aromatic carbocycles. The van der Waals surface area contributed by atoms with Crippen LogP contribution in [-0.4, -0.2) is 10.9 Å². The highest BCUT2D eigenvalue weighted by Crippen LogP contribution is 2.47. The van der Waals surface area contributed by atoms with Crippen molar-refractivity contribution in [1.29, 1.82) is 0 Å². The number of nitrogens with zero attached hydrogens (tertiary/aromatic N) is 2. The summed E-state index contributed by atoms with van der Waals surface area (Å²) >= 11 is 0. The quantitative estimate of drug-likeness (QED) is 0.669. The summed E-state index contributed by atoms with van der Waals surface area (Å²) in [5, 5.41) is 1.09. The van der Waals surface area contributed by atoms with E-state index in [1.807, 2.05) is 41.3 Å². The van der Waals surface area contributed by atoms with Gasteiger partial charge >= 0.3 is 0 Å². The van der Waals surface area contributed by atoms with Gasteiger partial charge in [0, 0.05) is 10.9 Å². The third-order valence-electron chi connectivity index (χ3n) is 4.86. The minimum Gasteiger partial charge on any atom is -0.292 e. The first-order chi connectivity index (χ1) is 11.9. The minimum absolute atomic E-state index is 0.147. The summed E-state index contributed by atoms with van der Waals surface area (Å²) < 4.78 is 0. The van der Waals surface area contributed by atoms with E-state index in [-0.39, 0.29) is 17.2 Å². The van der Waals surface area contributed by atoms with Crippen molar-refractivity contribution in [1.82, 2.24) is 4.98 Å². The zero-order valence-corrected chi connectivity index (χ0v) is 14.9. The first-order valence-corrected chi connectivity index (χ1v) is 8.70. The van der Waals surface area contributed by atoms with Gasteiger partial charge in [-0.15, -0.1) is 0 Å². The number of rotatable bonds is 2. The van der Waals surface area contributed by atoms with Gasteiger partial charge in [0.25, 0.3) is 0 Å². The lowest BCUT2D eigenvalue weighted by atomic mass is 9.77. The number of hydrogen-bond donors (Lipinski definition) is 0. The van der Waals surface area contributed by atoms with Crippen molar-refractivity contribution in [2.24, 2.45) is 5.41 Å². The Hall–Kier alpha value is -2.68. The van der Waals surface area contributed by atoms with Crippen LogP contribution in [0.5, 0.6) is 0 Å². The number of hydrogen-bond acceptors (Lipinski definition) is 2. The Kier molecular flexibility index (Phi) is 3.60. The Labute approximate surface area is 148 Å². The number of benzene rings is 2. The van der Waals surface area contributed by atoms with Crippen LogP contribution in [-0.2, 0) is 11.3 Å². The SMILES string of the molecule is CC(C)(C)C1C(=O)N(Cc2ccccc2)c2nc3ccccc3cc21. The monoisotopic (exact) mass is 330 g/mol. The van der Waals surface area contributed by atoms with Crippen LogP contribution in [0.25, 0.3) is 10.9 Å². The third-order valence-corrected chi connectivity index (χ3v) is 4.86. The summed E-state index contributed by atoms with van der Waals surface area (Å²) in [6.45, 7) is 6.94. The van der Waals surface area contributed by atoms with Crippen LogP contribution in [0.3, 0.4) is 0 Å². The van der Waals surface area contributed by atoms with Gasteiger partial charge in [-0.3, -0.25) is 9.69 Å². The Morgan fingerprint density at radius 1 is 1.00 bits per heavy atom. The Morgan fingerprint density at radius 2 is 1.68 bits per heavy atom. The molecule has 0 spiro atoms. The summed E-state index contributed by atoms with van der Waals surface area (Å²) in [6.07, 6.45) is 0. The van der Waals surface area contributed by atoms with Gasteiger partial charge in [-0.05, 0) is 23.1 Å². The van der Waals surface area contributed by atoms with Crippen LogP contribution in [0.15, 0.2) is 60.7 Å². The molecule has 0 saturated heterocycles. The molecule has 1 aliphatic rings. The standard InChI is InChI=1S/C22H22N2O/c1-22(2,3)19-17-13-16-11-7-8-12-18(16)23-20(17)24(21(19)25)14-15-9-5-4-6-10-15/h4-13,19H,14H2,1-3H3. The predicted molar refractivity (Wildman–Crippen MR) is 102 cm³/mol. The lowest BCUT2D eigenvalue weighted by Crippen LogP contribution is -2.33. The van der Waals surface area contributed by atoms with Gasteiger partial charge < -0.3 is 0 Å². The molecule has 0 N–H and O–H groups in total. The van der Waals surface area contributed by atoms with Crippen molar-refractivity contribution in [3.63, 3.8) is 0 Å². The van der Waals surface area contributed by atoms with Gasteiger partial charge in [0.1, 0.15) is 5.82 Å². The number of carbonyl (C=O) groups is 1. The highest BCUT2D eigenvalue weighted by Gasteiger charge is 2.44. The van der Waals surface area contributed by atoms with E-state index in [4.69, 9.17) is 4.98 Å². The molecule has 4 rings (SSSR count). The normalized spacial score (nSPS) is 17.2. The number of fused-ring (bicyclic) bond motifs is 2. The molecule has 0 saturated carbocycles. The van der Waals surface area contributed by atoms with Crippen LogP contribution in [0.1, 0.15) is 37.8 Å². The van der Waals surface area contributed by atoms with Gasteiger partial charge in [0.05, 0.1) is 18.0 Å². The van der Waals surface area contributed by atoms with E-state index in [9.17, 15) is 4.79 Å². The van der Waals surface area contributed by atoms with Crippen LogP contribution in [0.2, 0.25) is 0 Å². The second-order valence-electron chi connectivity index (χ2n) is 7.80. The number of aromatic nitrogens is 1. The Bertz CT molecular complexity index is 941. The van der Waals surface area contributed by atoms with Crippen molar-refractivity contribution in [3.8, 4) is 0 Å². The number of anilines is 1. The number of amides is 1. The highest BCUT2D eigenvalue weighted by molar-refractivity contribution is 6.06. The molecule has 0 fully saturated rings. The van der Waals surface area contributed by atoms with Crippen LogP contribution < -0.4 is 4.90 Å². The van der Waals surface area contributed by atoms with E-state index in [0.717, 1.165) is 27.8 Å². The fraction of sp³-hybridized carbons (Fsp3) is 0.273. The Balaban J connectivity index is 1.87. The van der Waals surface area contributed by atoms with Crippen molar-refractivity contribution in [2.75, 3.05) is 4.90 Å². The summed E-state index contributed by atoms with van der Waals surface area (Å²) in [5.74, 6) is 0.796. The van der Waals surface area contributed by atoms with Crippen LogP contribution >= 0.6 is 0 Å². The van der Waals surface area contributed by atoms with Gasteiger partial charge in [0.2, 0.25) is 5.91 Å². The molecule has 0 radical (unpaired) electrons. The van der Waals surface area contributed by atoms with Gasteiger partial charge in [-0.25, -0.2) is 4.98 Å². The average molecular weight is 330 g/mol. The molecule has 3 nitrogen and oxygen atoms in total. The lowest BCUT2D eigenvalue weighted by Gasteiger charge is -2.26. The summed E-state index contributed by atoms with van der Waals surface area (Å²) in [6, 6.07) is 20.3.